The Bertz CT molecular complexity index is 1940. The first kappa shape index (κ1) is 42.6. The molecule has 3 aromatic carbocycles. The van der Waals surface area contributed by atoms with Crippen molar-refractivity contribution in [2.45, 2.75) is 75.8 Å². The Morgan fingerprint density at radius 1 is 1.09 bits per heavy atom. The van der Waals surface area contributed by atoms with Crippen LogP contribution in [0, 0.1) is 0 Å². The molecule has 310 valence electrons. The fraction of sp³-hybridized carbons (Fsp3) is 0.462. The number of benzene rings is 3. The second-order valence-corrected chi connectivity index (χ2v) is 13.7. The van der Waals surface area contributed by atoms with Crippen LogP contribution in [-0.4, -0.2) is 125 Å². The van der Waals surface area contributed by atoms with Crippen LogP contribution in [0.15, 0.2) is 47.5 Å². The van der Waals surface area contributed by atoms with E-state index < -0.39 is 54.8 Å². The summed E-state index contributed by atoms with van der Waals surface area (Å²) in [6.45, 7) is 2.59. The minimum Gasteiger partial charge on any atom is -0.502 e. The summed E-state index contributed by atoms with van der Waals surface area (Å²) in [5.41, 5.74) is 6.03. The van der Waals surface area contributed by atoms with Gasteiger partial charge in [0.1, 0.15) is 30.5 Å². The maximum Gasteiger partial charge on any atom is 0.338 e. The van der Waals surface area contributed by atoms with Crippen LogP contribution in [0.4, 0.5) is 5.69 Å². The molecule has 57 heavy (non-hydrogen) atoms. The molecule has 2 aliphatic rings. The normalized spacial score (nSPS) is 22.7. The summed E-state index contributed by atoms with van der Waals surface area (Å²) in [6.07, 6.45) is -6.16. The van der Waals surface area contributed by atoms with Gasteiger partial charge in [0.15, 0.2) is 35.7 Å². The van der Waals surface area contributed by atoms with E-state index in [0.29, 0.717) is 6.42 Å². The van der Waals surface area contributed by atoms with Gasteiger partial charge < -0.3 is 75.4 Å². The number of aryl methyl sites for hydroxylation is 1. The van der Waals surface area contributed by atoms with Gasteiger partial charge in [0.2, 0.25) is 12.0 Å². The molecule has 0 aromatic heterocycles. The van der Waals surface area contributed by atoms with E-state index in [4.69, 9.17) is 34.2 Å². The third-order valence-corrected chi connectivity index (χ3v) is 9.84. The number of phenols is 1. The Morgan fingerprint density at radius 2 is 1.84 bits per heavy atom. The molecule has 1 saturated heterocycles. The number of carbonyl (C=O) groups is 2. The van der Waals surface area contributed by atoms with E-state index in [-0.39, 0.29) is 89.9 Å². The monoisotopic (exact) mass is 798 g/mol. The van der Waals surface area contributed by atoms with Gasteiger partial charge in [-0.15, -0.1) is 0 Å². The van der Waals surface area contributed by atoms with Gasteiger partial charge in [-0.3, -0.25) is 4.99 Å². The van der Waals surface area contributed by atoms with Crippen molar-refractivity contribution in [1.29, 1.82) is 0 Å². The summed E-state index contributed by atoms with van der Waals surface area (Å²) in [7, 11) is 2.74. The average molecular weight is 799 g/mol. The molecule has 2 heterocycles. The number of cyclic esters (lactones) is 1. The number of nitrogens with two attached hydrogens (primary N) is 1. The number of methoxy groups -OCH3 is 1. The van der Waals surface area contributed by atoms with Gasteiger partial charge in [-0.25, -0.2) is 9.59 Å². The van der Waals surface area contributed by atoms with Gasteiger partial charge in [0.05, 0.1) is 37.1 Å². The van der Waals surface area contributed by atoms with Crippen LogP contribution in [0.2, 0.25) is 0 Å². The Hall–Kier alpha value is -5.53. The Morgan fingerprint density at radius 3 is 2.53 bits per heavy atom. The van der Waals surface area contributed by atoms with Crippen molar-refractivity contribution in [3.63, 3.8) is 0 Å². The summed E-state index contributed by atoms with van der Waals surface area (Å²) >= 11 is 0. The number of aromatic hydroxyl groups is 1. The van der Waals surface area contributed by atoms with Gasteiger partial charge in [-0.1, -0.05) is 31.2 Å². The molecule has 0 aliphatic carbocycles. The number of aliphatic hydroxyl groups is 4. The number of nitrogens with zero attached hydrogens (tertiary/aromatic N) is 1. The van der Waals surface area contributed by atoms with E-state index >= 15 is 0 Å². The summed E-state index contributed by atoms with van der Waals surface area (Å²) in [5.74, 6) is -2.98. The maximum atomic E-state index is 13.7. The number of aromatic carboxylic acids is 1. The van der Waals surface area contributed by atoms with Gasteiger partial charge >= 0.3 is 11.9 Å². The van der Waals surface area contributed by atoms with Crippen molar-refractivity contribution in [1.82, 2.24) is 5.32 Å². The number of hydrogen-bond acceptors (Lipinski definition) is 15. The first-order valence-corrected chi connectivity index (χ1v) is 18.3. The smallest absolute Gasteiger partial charge is 0.338 e. The largest absolute Gasteiger partial charge is 0.502 e. The Kier molecular flexibility index (Phi) is 13.9. The quantitative estimate of drug-likeness (QED) is 0.0454. The van der Waals surface area contributed by atoms with E-state index in [2.05, 4.69) is 28.6 Å². The number of phenolic OH excluding ortho intramolecular Hbond substituents is 1. The number of nitrogens with one attached hydrogen (secondary N) is 2. The van der Waals surface area contributed by atoms with Gasteiger partial charge in [-0.05, 0) is 43.4 Å². The minimum absolute atomic E-state index is 0.000473. The second kappa shape index (κ2) is 18.6. The van der Waals surface area contributed by atoms with Crippen molar-refractivity contribution < 1.29 is 68.6 Å². The van der Waals surface area contributed by atoms with Crippen LogP contribution in [0.1, 0.15) is 57.7 Å². The van der Waals surface area contributed by atoms with Crippen molar-refractivity contribution in [2.75, 3.05) is 46.0 Å². The number of anilines is 1. The Labute approximate surface area is 328 Å². The molecule has 1 spiro atoms. The Balaban J connectivity index is 1.44. The lowest BCUT2D eigenvalue weighted by Gasteiger charge is -2.48. The lowest BCUT2D eigenvalue weighted by Crippen LogP contribution is -2.67. The number of aliphatic hydroxyl groups excluding tert-OH is 4. The van der Waals surface area contributed by atoms with Crippen molar-refractivity contribution in [3.8, 4) is 28.7 Å². The van der Waals surface area contributed by atoms with E-state index in [1.165, 1.54) is 31.9 Å². The molecule has 18 heteroatoms. The lowest BCUT2D eigenvalue weighted by atomic mass is 9.81. The van der Waals surface area contributed by atoms with Crippen LogP contribution < -0.4 is 35.3 Å². The molecule has 3 aromatic rings. The fourth-order valence-electron chi connectivity index (χ4n) is 6.60. The second-order valence-electron chi connectivity index (χ2n) is 13.7. The number of ether oxygens (including phenoxy) is 6. The molecule has 18 nitrogen and oxygen atoms in total. The number of aliphatic imine (C=N–C) groups is 1. The zero-order chi connectivity index (χ0) is 41.4. The van der Waals surface area contributed by atoms with Gasteiger partial charge in [0.25, 0.3) is 0 Å². The van der Waals surface area contributed by atoms with E-state index in [0.717, 1.165) is 18.1 Å². The maximum absolute atomic E-state index is 13.7. The molecule has 0 radical (unpaired) electrons. The molecule has 0 amide bonds. The van der Waals surface area contributed by atoms with Crippen molar-refractivity contribution in [2.24, 2.45) is 10.7 Å². The molecule has 0 saturated carbocycles. The summed E-state index contributed by atoms with van der Waals surface area (Å²) in [4.78, 5) is 29.7. The third kappa shape index (κ3) is 9.54. The first-order chi connectivity index (χ1) is 27.2. The number of carbonyl (C=O) groups excluding carboxylic acids is 1. The number of carboxylic acid groups (broad SMARTS) is 1. The van der Waals surface area contributed by atoms with Crippen LogP contribution >= 0.6 is 0 Å². The lowest BCUT2D eigenvalue weighted by molar-refractivity contribution is -0.320. The van der Waals surface area contributed by atoms with Crippen molar-refractivity contribution in [3.05, 3.63) is 70.3 Å². The molecular weight excluding hydrogens is 748 g/mol. The highest BCUT2D eigenvalue weighted by molar-refractivity contribution is 5.95. The number of hydrogen-bond donors (Lipinski definition) is 9. The molecule has 5 rings (SSSR count). The molecule has 6 atom stereocenters. The first-order valence-electron chi connectivity index (χ1n) is 18.3. The molecule has 2 aliphatic heterocycles. The molecule has 10 N–H and O–H groups in total. The highest BCUT2D eigenvalue weighted by Crippen LogP contribution is 2.46. The van der Waals surface area contributed by atoms with Crippen LogP contribution in [0.5, 0.6) is 28.7 Å². The zero-order valence-electron chi connectivity index (χ0n) is 32.1. The average Bonchev–Trinajstić information content (AvgIpc) is 3.20. The van der Waals surface area contributed by atoms with Crippen molar-refractivity contribution >= 4 is 23.6 Å². The van der Waals surface area contributed by atoms with Gasteiger partial charge in [0, 0.05) is 37.2 Å². The number of carboxylic acids is 1. The number of guanidine groups is 1. The number of fused-ring (bicyclic) bond motifs is 1. The minimum atomic E-state index is -1.90. The fourth-order valence-corrected chi connectivity index (χ4v) is 6.60. The van der Waals surface area contributed by atoms with Crippen LogP contribution in [0.25, 0.3) is 0 Å². The summed E-state index contributed by atoms with van der Waals surface area (Å²) in [5, 5.41) is 70.1. The molecular formula is C39H50N4O14. The summed E-state index contributed by atoms with van der Waals surface area (Å²) in [6, 6.07) is 11.2. The highest BCUT2D eigenvalue weighted by Gasteiger charge is 2.56. The van der Waals surface area contributed by atoms with E-state index in [9.17, 15) is 40.2 Å². The number of esters is 1. The predicted octanol–water partition coefficient (Wildman–Crippen LogP) is 1.31. The molecule has 0 bridgehead atoms. The van der Waals surface area contributed by atoms with E-state index in [1.807, 2.05) is 18.2 Å². The molecule has 6 unspecified atom stereocenters. The van der Waals surface area contributed by atoms with E-state index in [1.54, 1.807) is 6.92 Å². The third-order valence-electron chi connectivity index (χ3n) is 9.84. The number of rotatable bonds is 15. The predicted molar refractivity (Wildman–Crippen MR) is 204 cm³/mol. The standard InChI is InChI=1S/C39H50N4O14/c1-5-21-7-6-8-22(13-21)10-12-53-29-14-24-23(33(52-4)30(29)45)9-11-39(18-54-36(24)51)34(48)31(46)32(47)37(57-39)56-28-16-26(43-20(2)17-44)25(35(49)50)15-27(28)55-19-42-38(40)41-3/h6-8,13-16,20,31-32,34,37,43-48H,5,9-12,17-19H2,1-4H3,(H,49,50)(H3,40,41,42). The highest BCUT2D eigenvalue weighted by atomic mass is 16.7. The SMILES string of the molecule is CCc1cccc(CCOc2cc3c(c(OC)c2O)CCC2(COC3=O)OC(Oc3cc(NC(C)CO)c(C(=O)O)cc3OCNC(N)=NC)C(O)C(O)C2O)c1. The molecule has 1 fully saturated rings. The van der Waals surface area contributed by atoms with Crippen LogP contribution in [-0.2, 0) is 28.7 Å². The zero-order valence-corrected chi connectivity index (χ0v) is 32.1. The van der Waals surface area contributed by atoms with Gasteiger partial charge in [-0.2, -0.15) is 0 Å². The topological polar surface area (TPSA) is 273 Å². The van der Waals surface area contributed by atoms with Crippen LogP contribution in [0.3, 0.4) is 0 Å². The summed E-state index contributed by atoms with van der Waals surface area (Å²) < 4.78 is 35.2.